The Bertz CT molecular complexity index is 1580. The molecular weight excluding hydrogens is 502 g/mol. The van der Waals surface area contributed by atoms with Crippen LogP contribution in [-0.2, 0) is 11.2 Å². The average Bonchev–Trinajstić information content (AvgIpc) is 3.46. The summed E-state index contributed by atoms with van der Waals surface area (Å²) in [5.74, 6) is -0.492. The Hall–Kier alpha value is -3.80. The number of hydrogen-bond acceptors (Lipinski definition) is 5. The molecule has 4 nitrogen and oxygen atoms in total. The number of carbonyl (C=O) groups excluding carboxylic acids is 2. The molecule has 0 spiro atoms. The molecule has 3 aromatic carbocycles. The Labute approximate surface area is 224 Å². The van der Waals surface area contributed by atoms with Crippen molar-refractivity contribution in [3.8, 4) is 0 Å². The molecule has 0 saturated carbocycles. The zero-order valence-electron chi connectivity index (χ0n) is 20.2. The van der Waals surface area contributed by atoms with Crippen molar-refractivity contribution in [1.82, 2.24) is 4.98 Å². The molecule has 0 aliphatic carbocycles. The topological polar surface area (TPSA) is 56.3 Å². The number of methoxy groups -OCH3 is 1. The number of halogens is 1. The Balaban J connectivity index is 1.45. The number of fused-ring (bicyclic) bond motifs is 1. The highest BCUT2D eigenvalue weighted by molar-refractivity contribution is 7.10. The van der Waals surface area contributed by atoms with E-state index in [1.807, 2.05) is 72.1 Å². The first kappa shape index (κ1) is 24.9. The van der Waals surface area contributed by atoms with E-state index >= 15 is 0 Å². The summed E-state index contributed by atoms with van der Waals surface area (Å²) in [6.45, 7) is 0. The largest absolute Gasteiger partial charge is 0.465 e. The van der Waals surface area contributed by atoms with Crippen LogP contribution in [0.5, 0.6) is 0 Å². The number of ether oxygens (including phenoxy) is 1. The van der Waals surface area contributed by atoms with E-state index in [1.165, 1.54) is 7.11 Å². The Morgan fingerprint density at radius 1 is 0.946 bits per heavy atom. The van der Waals surface area contributed by atoms with E-state index in [2.05, 4.69) is 12.1 Å². The number of carbonyl (C=O) groups is 2. The molecule has 0 N–H and O–H groups in total. The number of rotatable bonds is 8. The van der Waals surface area contributed by atoms with E-state index in [-0.39, 0.29) is 18.1 Å². The van der Waals surface area contributed by atoms with Crippen molar-refractivity contribution in [2.75, 3.05) is 7.11 Å². The smallest absolute Gasteiger partial charge is 0.338 e. The zero-order valence-corrected chi connectivity index (χ0v) is 21.8. The van der Waals surface area contributed by atoms with Crippen molar-refractivity contribution in [3.05, 3.63) is 134 Å². The summed E-state index contributed by atoms with van der Waals surface area (Å²) in [4.78, 5) is 31.4. The van der Waals surface area contributed by atoms with Gasteiger partial charge in [0.15, 0.2) is 5.78 Å². The Morgan fingerprint density at radius 2 is 1.78 bits per heavy atom. The first-order valence-electron chi connectivity index (χ1n) is 11.9. The van der Waals surface area contributed by atoms with Gasteiger partial charge in [0, 0.05) is 27.3 Å². The number of aromatic nitrogens is 1. The van der Waals surface area contributed by atoms with Crippen LogP contribution in [0.25, 0.3) is 10.9 Å². The summed E-state index contributed by atoms with van der Waals surface area (Å²) in [6.07, 6.45) is 0.740. The van der Waals surface area contributed by atoms with Gasteiger partial charge in [-0.15, -0.1) is 11.3 Å². The van der Waals surface area contributed by atoms with Crippen molar-refractivity contribution < 1.29 is 14.3 Å². The average molecular weight is 526 g/mol. The summed E-state index contributed by atoms with van der Waals surface area (Å²) >= 11 is 7.89. The van der Waals surface area contributed by atoms with E-state index in [4.69, 9.17) is 21.3 Å². The molecule has 6 heteroatoms. The molecule has 0 amide bonds. The highest BCUT2D eigenvalue weighted by atomic mass is 35.5. The van der Waals surface area contributed by atoms with Gasteiger partial charge >= 0.3 is 5.97 Å². The van der Waals surface area contributed by atoms with Crippen LogP contribution in [0.1, 0.15) is 54.8 Å². The first-order chi connectivity index (χ1) is 18.0. The molecule has 1 atom stereocenters. The molecule has 0 aliphatic heterocycles. The van der Waals surface area contributed by atoms with Crippen molar-refractivity contribution >= 4 is 45.6 Å². The van der Waals surface area contributed by atoms with E-state index in [9.17, 15) is 9.59 Å². The molecule has 5 rings (SSSR count). The number of thiophene rings is 1. The SMILES string of the molecule is COC(=O)c1ccccc1CCC(=O)c1cccc([C@@H](c2ccc3ccc(Cl)cc3n2)c2cccs2)c1. The predicted molar refractivity (Wildman–Crippen MR) is 149 cm³/mol. The lowest BCUT2D eigenvalue weighted by molar-refractivity contribution is 0.0599. The van der Waals surface area contributed by atoms with Crippen LogP contribution in [0.4, 0.5) is 0 Å². The quantitative estimate of drug-likeness (QED) is 0.154. The molecule has 2 heterocycles. The maximum absolute atomic E-state index is 13.2. The molecular formula is C31H24ClNO3S. The molecule has 0 fully saturated rings. The fourth-order valence-corrected chi connectivity index (χ4v) is 5.57. The summed E-state index contributed by atoms with van der Waals surface area (Å²) in [6, 6.07) is 28.9. The number of pyridine rings is 1. The van der Waals surface area contributed by atoms with Gasteiger partial charge in [0.2, 0.25) is 0 Å². The van der Waals surface area contributed by atoms with Gasteiger partial charge in [0.25, 0.3) is 0 Å². The molecule has 0 unspecified atom stereocenters. The third kappa shape index (κ3) is 5.48. The summed E-state index contributed by atoms with van der Waals surface area (Å²) < 4.78 is 4.89. The highest BCUT2D eigenvalue weighted by Crippen LogP contribution is 2.35. The molecule has 5 aromatic rings. The summed E-state index contributed by atoms with van der Waals surface area (Å²) in [7, 11) is 1.36. The number of hydrogen-bond donors (Lipinski definition) is 0. The van der Waals surface area contributed by atoms with Crippen molar-refractivity contribution in [2.45, 2.75) is 18.8 Å². The molecule has 2 aromatic heterocycles. The van der Waals surface area contributed by atoms with Gasteiger partial charge in [-0.2, -0.15) is 0 Å². The normalized spacial score (nSPS) is 11.8. The van der Waals surface area contributed by atoms with Crippen LogP contribution in [0.15, 0.2) is 96.4 Å². The molecule has 184 valence electrons. The number of nitrogens with zero attached hydrogens (tertiary/aromatic N) is 1. The van der Waals surface area contributed by atoms with E-state index in [0.717, 1.165) is 32.6 Å². The summed E-state index contributed by atoms with van der Waals surface area (Å²) in [5.41, 5.74) is 4.66. The maximum atomic E-state index is 13.2. The zero-order chi connectivity index (χ0) is 25.8. The van der Waals surface area contributed by atoms with E-state index in [1.54, 1.807) is 23.5 Å². The molecule has 0 bridgehead atoms. The second-order valence-corrected chi connectivity index (χ2v) is 10.1. The van der Waals surface area contributed by atoms with Crippen molar-refractivity contribution in [2.24, 2.45) is 0 Å². The maximum Gasteiger partial charge on any atom is 0.338 e. The van der Waals surface area contributed by atoms with E-state index in [0.29, 0.717) is 22.6 Å². The minimum atomic E-state index is -0.395. The second-order valence-electron chi connectivity index (χ2n) is 8.72. The number of ketones is 1. The number of aryl methyl sites for hydroxylation is 1. The third-order valence-corrected chi connectivity index (χ3v) is 7.56. The Morgan fingerprint density at radius 3 is 2.59 bits per heavy atom. The van der Waals surface area contributed by atoms with Gasteiger partial charge in [-0.05, 0) is 59.3 Å². The lowest BCUT2D eigenvalue weighted by Crippen LogP contribution is -2.09. The predicted octanol–water partition coefficient (Wildman–Crippen LogP) is 7.73. The van der Waals surface area contributed by atoms with E-state index < -0.39 is 5.97 Å². The molecule has 0 saturated heterocycles. The molecule has 0 aliphatic rings. The summed E-state index contributed by atoms with van der Waals surface area (Å²) in [5, 5.41) is 3.72. The second kappa shape index (κ2) is 11.1. The fourth-order valence-electron chi connectivity index (χ4n) is 4.53. The van der Waals surface area contributed by atoms with Crippen LogP contribution in [0.3, 0.4) is 0 Å². The number of benzene rings is 3. The minimum absolute atomic E-state index is 0.0182. The Kier molecular flexibility index (Phi) is 7.45. The first-order valence-corrected chi connectivity index (χ1v) is 13.2. The van der Waals surface area contributed by atoms with Gasteiger partial charge in [-0.1, -0.05) is 66.2 Å². The lowest BCUT2D eigenvalue weighted by atomic mass is 9.90. The van der Waals surface area contributed by atoms with Crippen LogP contribution in [0.2, 0.25) is 5.02 Å². The number of esters is 1. The van der Waals surface area contributed by atoms with Crippen LogP contribution in [0, 0.1) is 0 Å². The van der Waals surface area contributed by atoms with Gasteiger partial charge in [0.1, 0.15) is 0 Å². The van der Waals surface area contributed by atoms with Gasteiger partial charge < -0.3 is 4.74 Å². The highest BCUT2D eigenvalue weighted by Gasteiger charge is 2.21. The monoisotopic (exact) mass is 525 g/mol. The number of Topliss-reactive ketones (excluding diaryl/α,β-unsaturated/α-hetero) is 1. The minimum Gasteiger partial charge on any atom is -0.465 e. The van der Waals surface area contributed by atoms with Crippen LogP contribution >= 0.6 is 22.9 Å². The van der Waals surface area contributed by atoms with Crippen LogP contribution < -0.4 is 0 Å². The molecule has 0 radical (unpaired) electrons. The van der Waals surface area contributed by atoms with Gasteiger partial charge in [0.05, 0.1) is 29.8 Å². The van der Waals surface area contributed by atoms with Crippen molar-refractivity contribution in [1.29, 1.82) is 0 Å². The third-order valence-electron chi connectivity index (χ3n) is 6.39. The van der Waals surface area contributed by atoms with Crippen molar-refractivity contribution in [3.63, 3.8) is 0 Å². The fraction of sp³-hybridized carbons (Fsp3) is 0.129. The standard InChI is InChI=1S/C31H24ClNO3S/c1-36-31(35)25-9-3-2-6-20(25)13-16-28(34)22-7-4-8-23(18-22)30(29-10-5-17-37-29)26-15-12-21-11-14-24(32)19-27(21)33-26/h2-12,14-15,17-19,30H,13,16H2,1H3/t30-/m0/s1. The lowest BCUT2D eigenvalue weighted by Gasteiger charge is -2.17. The van der Waals surface area contributed by atoms with Gasteiger partial charge in [-0.25, -0.2) is 4.79 Å². The molecule has 37 heavy (non-hydrogen) atoms. The van der Waals surface area contributed by atoms with Crippen LogP contribution in [-0.4, -0.2) is 23.8 Å². The van der Waals surface area contributed by atoms with Gasteiger partial charge in [-0.3, -0.25) is 9.78 Å².